The van der Waals surface area contributed by atoms with Crippen LogP contribution in [0, 0.1) is 5.92 Å². The molecule has 2 N–H and O–H groups in total. The van der Waals surface area contributed by atoms with E-state index in [1.165, 1.54) is 0 Å². The lowest BCUT2D eigenvalue weighted by Gasteiger charge is -2.29. The van der Waals surface area contributed by atoms with Crippen molar-refractivity contribution < 1.29 is 13.2 Å². The standard InChI is InChI=1S/C18H21ClN2O3S/c1-13-12-20-11-10-17(13)21-25(22,23)15-8-6-14(7-9-15)24-18-5-3-2-4-16(18)19/h2-9,13,17,20-21H,10-12H2,1H3. The Morgan fingerprint density at radius 3 is 2.56 bits per heavy atom. The first-order chi connectivity index (χ1) is 12.0. The number of ether oxygens (including phenoxy) is 1. The Bertz CT molecular complexity index is 824. The number of para-hydroxylation sites is 1. The van der Waals surface area contributed by atoms with Crippen molar-refractivity contribution in [3.63, 3.8) is 0 Å². The second kappa shape index (κ2) is 7.74. The quantitative estimate of drug-likeness (QED) is 0.834. The van der Waals surface area contributed by atoms with Crippen LogP contribution in [0.5, 0.6) is 11.5 Å². The molecular weight excluding hydrogens is 360 g/mol. The number of nitrogens with one attached hydrogen (secondary N) is 2. The molecule has 2 aromatic carbocycles. The van der Waals surface area contributed by atoms with Gasteiger partial charge in [-0.1, -0.05) is 30.7 Å². The SMILES string of the molecule is CC1CNCCC1NS(=O)(=O)c1ccc(Oc2ccccc2Cl)cc1. The molecule has 1 saturated heterocycles. The van der Waals surface area contributed by atoms with E-state index in [2.05, 4.69) is 10.0 Å². The molecule has 134 valence electrons. The Kier molecular flexibility index (Phi) is 5.64. The first-order valence-electron chi connectivity index (χ1n) is 8.21. The van der Waals surface area contributed by atoms with Crippen molar-refractivity contribution in [2.75, 3.05) is 13.1 Å². The third-order valence-electron chi connectivity index (χ3n) is 4.29. The van der Waals surface area contributed by atoms with E-state index in [4.69, 9.17) is 16.3 Å². The smallest absolute Gasteiger partial charge is 0.240 e. The number of halogens is 1. The second-order valence-electron chi connectivity index (χ2n) is 6.20. The molecule has 0 bridgehead atoms. The van der Waals surface area contributed by atoms with Crippen molar-refractivity contribution in [3.05, 3.63) is 53.6 Å². The molecule has 7 heteroatoms. The maximum Gasteiger partial charge on any atom is 0.240 e. The van der Waals surface area contributed by atoms with E-state index >= 15 is 0 Å². The summed E-state index contributed by atoms with van der Waals surface area (Å²) in [6.45, 7) is 3.68. The van der Waals surface area contributed by atoms with Gasteiger partial charge in [-0.05, 0) is 61.8 Å². The van der Waals surface area contributed by atoms with Gasteiger partial charge in [0, 0.05) is 6.04 Å². The molecule has 1 fully saturated rings. The summed E-state index contributed by atoms with van der Waals surface area (Å²) in [5.74, 6) is 1.31. The fourth-order valence-corrected chi connectivity index (χ4v) is 4.35. The van der Waals surface area contributed by atoms with Crippen LogP contribution in [0.25, 0.3) is 0 Å². The average Bonchev–Trinajstić information content (AvgIpc) is 2.59. The summed E-state index contributed by atoms with van der Waals surface area (Å²) < 4.78 is 33.7. The van der Waals surface area contributed by atoms with E-state index in [0.717, 1.165) is 19.5 Å². The van der Waals surface area contributed by atoms with Crippen molar-refractivity contribution >= 4 is 21.6 Å². The van der Waals surface area contributed by atoms with E-state index < -0.39 is 10.0 Å². The molecule has 3 rings (SSSR count). The first kappa shape index (κ1) is 18.2. The van der Waals surface area contributed by atoms with Gasteiger partial charge in [0.25, 0.3) is 0 Å². The topological polar surface area (TPSA) is 67.4 Å². The van der Waals surface area contributed by atoms with Crippen molar-refractivity contribution in [2.24, 2.45) is 5.92 Å². The number of hydrogen-bond donors (Lipinski definition) is 2. The normalized spacial score (nSPS) is 21.0. The van der Waals surface area contributed by atoms with Gasteiger partial charge in [0.2, 0.25) is 10.0 Å². The van der Waals surface area contributed by atoms with Crippen LogP contribution in [0.2, 0.25) is 5.02 Å². The van der Waals surface area contributed by atoms with Crippen LogP contribution in [-0.2, 0) is 10.0 Å². The molecule has 25 heavy (non-hydrogen) atoms. The van der Waals surface area contributed by atoms with Crippen molar-refractivity contribution in [2.45, 2.75) is 24.3 Å². The zero-order valence-corrected chi connectivity index (χ0v) is 15.5. The predicted octanol–water partition coefficient (Wildman–Crippen LogP) is 3.41. The van der Waals surface area contributed by atoms with Gasteiger partial charge in [0.05, 0.1) is 9.92 Å². The second-order valence-corrected chi connectivity index (χ2v) is 8.32. The lowest BCUT2D eigenvalue weighted by Crippen LogP contribution is -2.48. The Balaban J connectivity index is 1.71. The summed E-state index contributed by atoms with van der Waals surface area (Å²) in [5.41, 5.74) is 0. The van der Waals surface area contributed by atoms with Crippen molar-refractivity contribution in [3.8, 4) is 11.5 Å². The highest BCUT2D eigenvalue weighted by Crippen LogP contribution is 2.29. The number of rotatable bonds is 5. The van der Waals surface area contributed by atoms with E-state index in [1.807, 2.05) is 19.1 Å². The summed E-state index contributed by atoms with van der Waals surface area (Å²) in [6, 6.07) is 13.4. The molecule has 0 radical (unpaired) electrons. The predicted molar refractivity (Wildman–Crippen MR) is 98.7 cm³/mol. The molecule has 0 saturated carbocycles. The van der Waals surface area contributed by atoms with Crippen LogP contribution < -0.4 is 14.8 Å². The van der Waals surface area contributed by atoms with Gasteiger partial charge < -0.3 is 10.1 Å². The van der Waals surface area contributed by atoms with E-state index in [-0.39, 0.29) is 16.9 Å². The molecule has 0 spiro atoms. The Morgan fingerprint density at radius 1 is 1.16 bits per heavy atom. The minimum Gasteiger partial charge on any atom is -0.456 e. The molecule has 0 aromatic heterocycles. The molecule has 1 aliphatic rings. The van der Waals surface area contributed by atoms with Crippen LogP contribution in [0.1, 0.15) is 13.3 Å². The zero-order valence-electron chi connectivity index (χ0n) is 13.9. The highest BCUT2D eigenvalue weighted by Gasteiger charge is 2.26. The first-order valence-corrected chi connectivity index (χ1v) is 10.1. The summed E-state index contributed by atoms with van der Waals surface area (Å²) in [6.07, 6.45) is 0.786. The van der Waals surface area contributed by atoms with Gasteiger partial charge in [-0.2, -0.15) is 0 Å². The van der Waals surface area contributed by atoms with Crippen LogP contribution in [0.15, 0.2) is 53.4 Å². The number of hydrogen-bond acceptors (Lipinski definition) is 4. The van der Waals surface area contributed by atoms with Crippen LogP contribution in [0.4, 0.5) is 0 Å². The molecule has 2 unspecified atom stereocenters. The average molecular weight is 381 g/mol. The van der Waals surface area contributed by atoms with Crippen LogP contribution in [0.3, 0.4) is 0 Å². The van der Waals surface area contributed by atoms with E-state index in [0.29, 0.717) is 16.5 Å². The lowest BCUT2D eigenvalue weighted by atomic mass is 9.97. The van der Waals surface area contributed by atoms with Gasteiger partial charge in [-0.3, -0.25) is 0 Å². The number of sulfonamides is 1. The van der Waals surface area contributed by atoms with Crippen molar-refractivity contribution in [1.29, 1.82) is 0 Å². The highest BCUT2D eigenvalue weighted by molar-refractivity contribution is 7.89. The molecule has 1 heterocycles. The van der Waals surface area contributed by atoms with Gasteiger partial charge in [0.1, 0.15) is 11.5 Å². The summed E-state index contributed by atoms with van der Waals surface area (Å²) in [7, 11) is -3.55. The summed E-state index contributed by atoms with van der Waals surface area (Å²) in [4.78, 5) is 0.227. The zero-order chi connectivity index (χ0) is 17.9. The summed E-state index contributed by atoms with van der Waals surface area (Å²) in [5, 5.41) is 3.76. The third-order valence-corrected chi connectivity index (χ3v) is 6.11. The third kappa shape index (κ3) is 4.52. The Morgan fingerprint density at radius 2 is 1.88 bits per heavy atom. The lowest BCUT2D eigenvalue weighted by molar-refractivity contribution is 0.328. The fourth-order valence-electron chi connectivity index (χ4n) is 2.80. The summed E-state index contributed by atoms with van der Waals surface area (Å²) >= 11 is 6.06. The monoisotopic (exact) mass is 380 g/mol. The van der Waals surface area contributed by atoms with E-state index in [9.17, 15) is 8.42 Å². The fraction of sp³-hybridized carbons (Fsp3) is 0.333. The minimum absolute atomic E-state index is 0.0506. The van der Waals surface area contributed by atoms with Gasteiger partial charge in [-0.15, -0.1) is 0 Å². The van der Waals surface area contributed by atoms with Gasteiger partial charge >= 0.3 is 0 Å². The van der Waals surface area contributed by atoms with Crippen LogP contribution in [-0.4, -0.2) is 27.5 Å². The largest absolute Gasteiger partial charge is 0.456 e. The number of benzene rings is 2. The van der Waals surface area contributed by atoms with Crippen LogP contribution >= 0.6 is 11.6 Å². The Hall–Kier alpha value is -1.60. The molecule has 0 aliphatic carbocycles. The number of piperidine rings is 1. The maximum absolute atomic E-state index is 12.6. The Labute approximate surface area is 153 Å². The van der Waals surface area contributed by atoms with Crippen molar-refractivity contribution in [1.82, 2.24) is 10.0 Å². The maximum atomic E-state index is 12.6. The van der Waals surface area contributed by atoms with E-state index in [1.54, 1.807) is 36.4 Å². The molecule has 1 aliphatic heterocycles. The minimum atomic E-state index is -3.55. The van der Waals surface area contributed by atoms with Gasteiger partial charge in [0.15, 0.2) is 0 Å². The molecule has 2 aromatic rings. The molecule has 5 nitrogen and oxygen atoms in total. The highest BCUT2D eigenvalue weighted by atomic mass is 35.5. The van der Waals surface area contributed by atoms with Gasteiger partial charge in [-0.25, -0.2) is 13.1 Å². The molecule has 2 atom stereocenters. The molecular formula is C18H21ClN2O3S. The molecule has 0 amide bonds.